The molecule has 0 N–H and O–H groups in total. The van der Waals surface area contributed by atoms with E-state index in [4.69, 9.17) is 0 Å². The summed E-state index contributed by atoms with van der Waals surface area (Å²) in [5.74, 6) is 0.709. The highest BCUT2D eigenvalue weighted by atomic mass is 14.7. The molecule has 19 heavy (non-hydrogen) atoms. The van der Waals surface area contributed by atoms with Crippen LogP contribution in [0, 0.1) is 19.8 Å². The summed E-state index contributed by atoms with van der Waals surface area (Å²) >= 11 is 0. The second-order valence-electron chi connectivity index (χ2n) is 5.77. The number of allylic oxidation sites excluding steroid dienone is 1. The molecule has 1 heteroatoms. The highest BCUT2D eigenvalue weighted by Crippen LogP contribution is 2.11. The number of benzene rings is 1. The zero-order chi connectivity index (χ0) is 14.3. The van der Waals surface area contributed by atoms with Crippen molar-refractivity contribution >= 4 is 6.21 Å². The molecule has 0 saturated carbocycles. The molecule has 0 fully saturated rings. The molecule has 0 aromatic heterocycles. The van der Waals surface area contributed by atoms with Crippen LogP contribution in [0.4, 0.5) is 0 Å². The lowest BCUT2D eigenvalue weighted by molar-refractivity contribution is 0.635. The Morgan fingerprint density at radius 3 is 2.32 bits per heavy atom. The Balaban J connectivity index is 2.49. The standard InChI is InChI=1S/C18H27N/c1-6-17(9-14(2)3)13-19-8-7-18-11-15(4)10-16(5)12-18/h6,8,10-12,14H,7,9,13H2,1-5H3/b17-6-,19-8?. The number of hydrogen-bond donors (Lipinski definition) is 0. The molecule has 0 aliphatic carbocycles. The third-order valence-corrected chi connectivity index (χ3v) is 3.11. The molecule has 0 bridgehead atoms. The summed E-state index contributed by atoms with van der Waals surface area (Å²) in [7, 11) is 0. The predicted octanol–water partition coefficient (Wildman–Crippen LogP) is 4.91. The molecule has 0 spiro atoms. The van der Waals surface area contributed by atoms with Crippen LogP contribution >= 0.6 is 0 Å². The Morgan fingerprint density at radius 2 is 1.79 bits per heavy atom. The van der Waals surface area contributed by atoms with Gasteiger partial charge in [-0.1, -0.05) is 54.8 Å². The van der Waals surface area contributed by atoms with Gasteiger partial charge >= 0.3 is 0 Å². The van der Waals surface area contributed by atoms with Crippen molar-refractivity contribution in [2.45, 2.75) is 47.5 Å². The van der Waals surface area contributed by atoms with Crippen LogP contribution < -0.4 is 0 Å². The van der Waals surface area contributed by atoms with E-state index < -0.39 is 0 Å². The number of hydrogen-bond acceptors (Lipinski definition) is 1. The summed E-state index contributed by atoms with van der Waals surface area (Å²) in [6.45, 7) is 11.8. The summed E-state index contributed by atoms with van der Waals surface area (Å²) in [6, 6.07) is 6.69. The fourth-order valence-corrected chi connectivity index (χ4v) is 2.34. The lowest BCUT2D eigenvalue weighted by atomic mass is 10.0. The van der Waals surface area contributed by atoms with Crippen molar-refractivity contribution in [3.63, 3.8) is 0 Å². The van der Waals surface area contributed by atoms with Crippen LogP contribution in [0.3, 0.4) is 0 Å². The lowest BCUT2D eigenvalue weighted by Crippen LogP contribution is -1.96. The molecule has 0 aliphatic rings. The Bertz CT molecular complexity index is 433. The SMILES string of the molecule is C/C=C(\CN=CCc1cc(C)cc(C)c1)CC(C)C. The Labute approximate surface area is 118 Å². The van der Waals surface area contributed by atoms with Crippen molar-refractivity contribution in [1.82, 2.24) is 0 Å². The molecule has 104 valence electrons. The molecule has 0 unspecified atom stereocenters. The third kappa shape index (κ3) is 6.37. The summed E-state index contributed by atoms with van der Waals surface area (Å²) in [5.41, 5.74) is 5.45. The molecule has 1 rings (SSSR count). The summed E-state index contributed by atoms with van der Waals surface area (Å²) in [5, 5.41) is 0. The number of rotatable bonds is 6. The van der Waals surface area contributed by atoms with E-state index in [0.717, 1.165) is 19.4 Å². The van der Waals surface area contributed by atoms with Gasteiger partial charge in [0.15, 0.2) is 0 Å². The first-order valence-electron chi connectivity index (χ1n) is 7.20. The maximum Gasteiger partial charge on any atom is 0.0595 e. The topological polar surface area (TPSA) is 12.4 Å². The van der Waals surface area contributed by atoms with Gasteiger partial charge in [0.05, 0.1) is 6.54 Å². The van der Waals surface area contributed by atoms with Crippen molar-refractivity contribution < 1.29 is 0 Å². The molecule has 1 nitrogen and oxygen atoms in total. The number of aliphatic imine (C=N–C) groups is 1. The molecule has 1 aromatic rings. The van der Waals surface area contributed by atoms with Gasteiger partial charge in [0.25, 0.3) is 0 Å². The van der Waals surface area contributed by atoms with E-state index in [1.165, 1.54) is 22.3 Å². The fraction of sp³-hybridized carbons (Fsp3) is 0.500. The summed E-state index contributed by atoms with van der Waals surface area (Å²) < 4.78 is 0. The zero-order valence-electron chi connectivity index (χ0n) is 13.0. The van der Waals surface area contributed by atoms with Crippen LogP contribution in [0.15, 0.2) is 34.8 Å². The van der Waals surface area contributed by atoms with Crippen LogP contribution in [-0.2, 0) is 6.42 Å². The second kappa shape index (κ2) is 7.93. The normalized spacial score (nSPS) is 12.6. The highest BCUT2D eigenvalue weighted by molar-refractivity contribution is 5.62. The molecule has 0 radical (unpaired) electrons. The Kier molecular flexibility index (Phi) is 6.55. The molecular weight excluding hydrogens is 230 g/mol. The quantitative estimate of drug-likeness (QED) is 0.507. The van der Waals surface area contributed by atoms with Gasteiger partial charge in [-0.15, -0.1) is 0 Å². The Hall–Kier alpha value is -1.37. The van der Waals surface area contributed by atoms with Crippen molar-refractivity contribution in [1.29, 1.82) is 0 Å². The molecule has 0 atom stereocenters. The van der Waals surface area contributed by atoms with E-state index in [9.17, 15) is 0 Å². The molecule has 1 aromatic carbocycles. The molecule has 0 saturated heterocycles. The number of nitrogens with zero attached hydrogens (tertiary/aromatic N) is 1. The molecular formula is C18H27N. The van der Waals surface area contributed by atoms with Gasteiger partial charge in [-0.3, -0.25) is 4.99 Å². The molecule has 0 heterocycles. The smallest absolute Gasteiger partial charge is 0.0595 e. The van der Waals surface area contributed by atoms with Crippen LogP contribution in [0.25, 0.3) is 0 Å². The van der Waals surface area contributed by atoms with Crippen LogP contribution in [-0.4, -0.2) is 12.8 Å². The van der Waals surface area contributed by atoms with Crippen molar-refractivity contribution in [3.05, 3.63) is 46.5 Å². The van der Waals surface area contributed by atoms with Gasteiger partial charge in [-0.2, -0.15) is 0 Å². The summed E-state index contributed by atoms with van der Waals surface area (Å²) in [6.07, 6.45) is 6.34. The van der Waals surface area contributed by atoms with Gasteiger partial charge in [-0.05, 0) is 38.7 Å². The first kappa shape index (κ1) is 15.7. The Morgan fingerprint density at radius 1 is 1.16 bits per heavy atom. The van der Waals surface area contributed by atoms with E-state index in [2.05, 4.69) is 70.1 Å². The first-order valence-corrected chi connectivity index (χ1v) is 7.20. The predicted molar refractivity (Wildman–Crippen MR) is 86.2 cm³/mol. The maximum absolute atomic E-state index is 4.56. The summed E-state index contributed by atoms with van der Waals surface area (Å²) in [4.78, 5) is 4.56. The lowest BCUT2D eigenvalue weighted by Gasteiger charge is -2.06. The van der Waals surface area contributed by atoms with Crippen molar-refractivity contribution in [2.75, 3.05) is 6.54 Å². The second-order valence-corrected chi connectivity index (χ2v) is 5.77. The molecule has 0 aliphatic heterocycles. The largest absolute Gasteiger partial charge is 0.293 e. The highest BCUT2D eigenvalue weighted by Gasteiger charge is 1.99. The molecule has 0 amide bonds. The first-order chi connectivity index (χ1) is 9.01. The van der Waals surface area contributed by atoms with Crippen LogP contribution in [0.2, 0.25) is 0 Å². The van der Waals surface area contributed by atoms with E-state index in [0.29, 0.717) is 5.92 Å². The minimum Gasteiger partial charge on any atom is -0.293 e. The van der Waals surface area contributed by atoms with Gasteiger partial charge in [-0.25, -0.2) is 0 Å². The van der Waals surface area contributed by atoms with Gasteiger partial charge < -0.3 is 0 Å². The minimum absolute atomic E-state index is 0.709. The third-order valence-electron chi connectivity index (χ3n) is 3.11. The average Bonchev–Trinajstić information content (AvgIpc) is 2.31. The van der Waals surface area contributed by atoms with Gasteiger partial charge in [0, 0.05) is 12.6 Å². The average molecular weight is 257 g/mol. The number of aryl methyl sites for hydroxylation is 2. The fourth-order valence-electron chi connectivity index (χ4n) is 2.34. The van der Waals surface area contributed by atoms with Gasteiger partial charge in [0.1, 0.15) is 0 Å². The minimum atomic E-state index is 0.709. The van der Waals surface area contributed by atoms with Crippen molar-refractivity contribution in [3.8, 4) is 0 Å². The van der Waals surface area contributed by atoms with Gasteiger partial charge in [0.2, 0.25) is 0 Å². The van der Waals surface area contributed by atoms with E-state index in [1.54, 1.807) is 0 Å². The van der Waals surface area contributed by atoms with Crippen LogP contribution in [0.1, 0.15) is 43.9 Å². The van der Waals surface area contributed by atoms with E-state index in [-0.39, 0.29) is 0 Å². The zero-order valence-corrected chi connectivity index (χ0v) is 13.0. The maximum atomic E-state index is 4.56. The van der Waals surface area contributed by atoms with E-state index in [1.807, 2.05) is 0 Å². The van der Waals surface area contributed by atoms with E-state index >= 15 is 0 Å². The monoisotopic (exact) mass is 257 g/mol. The van der Waals surface area contributed by atoms with Crippen LogP contribution in [0.5, 0.6) is 0 Å². The van der Waals surface area contributed by atoms with Crippen molar-refractivity contribution in [2.24, 2.45) is 10.9 Å².